The Morgan fingerprint density at radius 2 is 1.97 bits per heavy atom. The van der Waals surface area contributed by atoms with E-state index in [1.165, 1.54) is 0 Å². The molecule has 0 radical (unpaired) electrons. The molecule has 7 nitrogen and oxygen atoms in total. The molecule has 3 rings (SSSR count). The van der Waals surface area contributed by atoms with Crippen molar-refractivity contribution < 1.29 is 19.0 Å². The van der Waals surface area contributed by atoms with Crippen LogP contribution in [-0.2, 0) is 20.9 Å². The summed E-state index contributed by atoms with van der Waals surface area (Å²) < 4.78 is 18.7. The van der Waals surface area contributed by atoms with Gasteiger partial charge in [-0.1, -0.05) is 31.2 Å². The van der Waals surface area contributed by atoms with Gasteiger partial charge in [0.15, 0.2) is 0 Å². The van der Waals surface area contributed by atoms with Crippen molar-refractivity contribution in [2.24, 2.45) is 0 Å². The van der Waals surface area contributed by atoms with E-state index in [9.17, 15) is 4.79 Å². The highest BCUT2D eigenvalue weighted by Crippen LogP contribution is 2.25. The van der Waals surface area contributed by atoms with Gasteiger partial charge >= 0.3 is 0 Å². The quantitative estimate of drug-likeness (QED) is 0.286. The number of carbonyl (C=O) groups is 1. The number of carbonyl (C=O) groups excluding carboxylic acids is 1. The lowest BCUT2D eigenvalue weighted by Gasteiger charge is -2.29. The van der Waals surface area contributed by atoms with Gasteiger partial charge in [-0.3, -0.25) is 4.79 Å². The van der Waals surface area contributed by atoms with E-state index in [2.05, 4.69) is 29.9 Å². The normalized spacial score (nSPS) is 19.4. The third-order valence-corrected chi connectivity index (χ3v) is 7.71. The largest absolute Gasteiger partial charge is 0.382 e. The molecule has 178 valence electrons. The van der Waals surface area contributed by atoms with Gasteiger partial charge in [0.25, 0.3) is 5.91 Å². The Bertz CT molecular complexity index is 891. The van der Waals surface area contributed by atoms with E-state index < -0.39 is 8.07 Å². The Labute approximate surface area is 196 Å². The fraction of sp³-hybridized carbons (Fsp3) is 0.652. The average Bonchev–Trinajstić information content (AvgIpc) is 3.14. The minimum absolute atomic E-state index is 0.120. The number of amides is 1. The second-order valence-electron chi connectivity index (χ2n) is 9.67. The van der Waals surface area contributed by atoms with Crippen molar-refractivity contribution in [2.45, 2.75) is 70.2 Å². The zero-order valence-electron chi connectivity index (χ0n) is 19.7. The first-order valence-corrected chi connectivity index (χ1v) is 15.5. The highest BCUT2D eigenvalue weighted by atomic mass is 35.5. The summed E-state index contributed by atoms with van der Waals surface area (Å²) in [6, 6.07) is 4.75. The number of hydrogen-bond acceptors (Lipinski definition) is 5. The van der Waals surface area contributed by atoms with Crippen LogP contribution in [0.1, 0.15) is 36.0 Å². The molecule has 0 bridgehead atoms. The van der Waals surface area contributed by atoms with Gasteiger partial charge in [-0.15, -0.1) is 0 Å². The van der Waals surface area contributed by atoms with Crippen LogP contribution < -0.4 is 5.32 Å². The van der Waals surface area contributed by atoms with Gasteiger partial charge in [-0.05, 0) is 43.9 Å². The van der Waals surface area contributed by atoms with Crippen molar-refractivity contribution in [2.75, 3.05) is 26.9 Å². The maximum atomic E-state index is 13.2. The lowest BCUT2D eigenvalue weighted by Crippen LogP contribution is -2.39. The van der Waals surface area contributed by atoms with Crippen molar-refractivity contribution >= 4 is 36.6 Å². The Kier molecular flexibility index (Phi) is 9.13. The standard InChI is InChI=1S/C23H36ClN3O4Si/c1-29-11-12-31-18-7-5-17(6-8-18)25-23(28)19-15-21(24)26-20-9-10-27(22(19)20)16-30-13-14-32(2,3)4/h9-10,15,17-18H,5-8,11-14,16H2,1-4H3,(H,25,28). The molecular formula is C23H36ClN3O4Si. The Morgan fingerprint density at radius 1 is 1.22 bits per heavy atom. The van der Waals surface area contributed by atoms with Crippen molar-refractivity contribution in [3.05, 3.63) is 29.0 Å². The van der Waals surface area contributed by atoms with E-state index in [1.54, 1.807) is 13.2 Å². The highest BCUT2D eigenvalue weighted by molar-refractivity contribution is 6.76. The number of hydrogen-bond donors (Lipinski definition) is 1. The molecule has 2 heterocycles. The molecule has 0 aromatic carbocycles. The summed E-state index contributed by atoms with van der Waals surface area (Å²) >= 11 is 6.22. The number of halogens is 1. The molecule has 0 unspecified atom stereocenters. The molecule has 0 aliphatic heterocycles. The van der Waals surface area contributed by atoms with Crippen LogP contribution in [0.15, 0.2) is 18.3 Å². The summed E-state index contributed by atoms with van der Waals surface area (Å²) in [5.74, 6) is -0.120. The molecule has 0 spiro atoms. The molecule has 1 fully saturated rings. The molecule has 2 aromatic rings. The van der Waals surface area contributed by atoms with Crippen LogP contribution in [0.2, 0.25) is 30.8 Å². The topological polar surface area (TPSA) is 74.6 Å². The summed E-state index contributed by atoms with van der Waals surface area (Å²) in [4.78, 5) is 17.6. The molecular weight excluding hydrogens is 446 g/mol. The molecule has 1 N–H and O–H groups in total. The molecule has 1 saturated carbocycles. The molecule has 32 heavy (non-hydrogen) atoms. The second kappa shape index (κ2) is 11.6. The van der Waals surface area contributed by atoms with Crippen LogP contribution in [0.5, 0.6) is 0 Å². The van der Waals surface area contributed by atoms with E-state index in [-0.39, 0.29) is 18.1 Å². The van der Waals surface area contributed by atoms with Gasteiger partial charge in [-0.2, -0.15) is 0 Å². The molecule has 0 atom stereocenters. The monoisotopic (exact) mass is 481 g/mol. The van der Waals surface area contributed by atoms with Gasteiger partial charge in [0.05, 0.1) is 35.9 Å². The van der Waals surface area contributed by atoms with Crippen LogP contribution in [-0.4, -0.2) is 62.6 Å². The van der Waals surface area contributed by atoms with E-state index in [4.69, 9.17) is 25.8 Å². The van der Waals surface area contributed by atoms with Gasteiger partial charge < -0.3 is 24.1 Å². The van der Waals surface area contributed by atoms with Crippen molar-refractivity contribution in [1.29, 1.82) is 0 Å². The molecule has 1 amide bonds. The summed E-state index contributed by atoms with van der Waals surface area (Å²) in [6.45, 7) is 9.31. The maximum Gasteiger partial charge on any atom is 0.253 e. The Balaban J connectivity index is 1.63. The first kappa shape index (κ1) is 25.2. The number of ether oxygens (including phenoxy) is 3. The Hall–Kier alpha value is -1.45. The zero-order valence-corrected chi connectivity index (χ0v) is 21.4. The van der Waals surface area contributed by atoms with E-state index in [1.807, 2.05) is 16.8 Å². The first-order chi connectivity index (χ1) is 15.3. The molecule has 1 aliphatic rings. The number of pyridine rings is 1. The minimum Gasteiger partial charge on any atom is -0.382 e. The fourth-order valence-corrected chi connectivity index (χ4v) is 4.89. The number of nitrogens with zero attached hydrogens (tertiary/aromatic N) is 2. The predicted octanol–water partition coefficient (Wildman–Crippen LogP) is 4.71. The predicted molar refractivity (Wildman–Crippen MR) is 130 cm³/mol. The van der Waals surface area contributed by atoms with Crippen molar-refractivity contribution in [3.8, 4) is 0 Å². The summed E-state index contributed by atoms with van der Waals surface area (Å²) in [7, 11) is 0.522. The third-order valence-electron chi connectivity index (χ3n) is 5.81. The van der Waals surface area contributed by atoms with Gasteiger partial charge in [0.1, 0.15) is 11.9 Å². The van der Waals surface area contributed by atoms with Gasteiger partial charge in [0, 0.05) is 34.0 Å². The van der Waals surface area contributed by atoms with E-state index in [0.717, 1.165) is 37.2 Å². The van der Waals surface area contributed by atoms with E-state index in [0.29, 0.717) is 42.8 Å². The van der Waals surface area contributed by atoms with Crippen molar-refractivity contribution in [1.82, 2.24) is 14.9 Å². The molecule has 9 heteroatoms. The first-order valence-electron chi connectivity index (χ1n) is 11.4. The van der Waals surface area contributed by atoms with Gasteiger partial charge in [0.2, 0.25) is 0 Å². The zero-order chi connectivity index (χ0) is 23.1. The summed E-state index contributed by atoms with van der Waals surface area (Å²) in [5.41, 5.74) is 2.00. The van der Waals surface area contributed by atoms with E-state index >= 15 is 0 Å². The SMILES string of the molecule is COCCOC1CCC(NC(=O)c2cc(Cl)nc3ccn(COCC[Si](C)(C)C)c23)CC1. The lowest BCUT2D eigenvalue weighted by atomic mass is 9.92. The number of rotatable bonds is 11. The number of nitrogens with one attached hydrogen (secondary N) is 1. The van der Waals surface area contributed by atoms with Crippen LogP contribution in [0.4, 0.5) is 0 Å². The average molecular weight is 482 g/mol. The van der Waals surface area contributed by atoms with Gasteiger partial charge in [-0.25, -0.2) is 4.98 Å². The Morgan fingerprint density at radius 3 is 2.66 bits per heavy atom. The minimum atomic E-state index is -1.15. The molecule has 1 aliphatic carbocycles. The maximum absolute atomic E-state index is 13.2. The third kappa shape index (κ3) is 7.28. The number of fused-ring (bicyclic) bond motifs is 1. The summed E-state index contributed by atoms with van der Waals surface area (Å²) in [6.07, 6.45) is 5.80. The lowest BCUT2D eigenvalue weighted by molar-refractivity contribution is -0.00408. The number of methoxy groups -OCH3 is 1. The smallest absolute Gasteiger partial charge is 0.253 e. The van der Waals surface area contributed by atoms with Crippen LogP contribution >= 0.6 is 11.6 Å². The molecule has 0 saturated heterocycles. The van der Waals surface area contributed by atoms with Crippen LogP contribution in [0.25, 0.3) is 11.0 Å². The van der Waals surface area contributed by atoms with Crippen molar-refractivity contribution in [3.63, 3.8) is 0 Å². The second-order valence-corrected chi connectivity index (χ2v) is 15.7. The number of aromatic nitrogens is 2. The fourth-order valence-electron chi connectivity index (χ4n) is 3.94. The highest BCUT2D eigenvalue weighted by Gasteiger charge is 2.25. The van der Waals surface area contributed by atoms with Crippen LogP contribution in [0.3, 0.4) is 0 Å². The van der Waals surface area contributed by atoms with Crippen LogP contribution in [0, 0.1) is 0 Å². The molecule has 2 aromatic heterocycles. The summed E-state index contributed by atoms with van der Waals surface area (Å²) in [5, 5.41) is 3.51.